The van der Waals surface area contributed by atoms with Crippen molar-refractivity contribution in [1.29, 1.82) is 0 Å². The van der Waals surface area contributed by atoms with Crippen LogP contribution in [0.2, 0.25) is 0 Å². The molecule has 32 heavy (non-hydrogen) atoms. The molecule has 4 rings (SSSR count). The lowest BCUT2D eigenvalue weighted by Crippen LogP contribution is -2.28. The summed E-state index contributed by atoms with van der Waals surface area (Å²) in [5.41, 5.74) is 4.57. The van der Waals surface area contributed by atoms with Crippen LogP contribution in [0.4, 0.5) is 11.4 Å². The Morgan fingerprint density at radius 2 is 1.72 bits per heavy atom. The van der Waals surface area contributed by atoms with Gasteiger partial charge >= 0.3 is 5.69 Å². The highest BCUT2D eigenvalue weighted by Crippen LogP contribution is 2.16. The summed E-state index contributed by atoms with van der Waals surface area (Å²) in [6.07, 6.45) is 1.42. The molecule has 0 spiro atoms. The number of hydrogen-bond donors (Lipinski definition) is 2. The summed E-state index contributed by atoms with van der Waals surface area (Å²) in [7, 11) is 0. The summed E-state index contributed by atoms with van der Waals surface area (Å²) in [4.78, 5) is 37.8. The molecule has 2 heterocycles. The Balaban J connectivity index is 1.53. The van der Waals surface area contributed by atoms with Crippen LogP contribution in [0, 0.1) is 20.8 Å². The van der Waals surface area contributed by atoms with Crippen LogP contribution in [0.25, 0.3) is 5.65 Å². The van der Waals surface area contributed by atoms with Crippen molar-refractivity contribution in [2.45, 2.75) is 27.3 Å². The zero-order chi connectivity index (χ0) is 22.8. The molecule has 0 atom stereocenters. The van der Waals surface area contributed by atoms with E-state index in [9.17, 15) is 14.4 Å². The third kappa shape index (κ3) is 4.44. The van der Waals surface area contributed by atoms with E-state index in [-0.39, 0.29) is 18.4 Å². The van der Waals surface area contributed by atoms with Gasteiger partial charge < -0.3 is 10.6 Å². The molecular weight excluding hydrogens is 406 g/mol. The van der Waals surface area contributed by atoms with Gasteiger partial charge in [-0.3, -0.25) is 9.59 Å². The Morgan fingerprint density at radius 3 is 2.47 bits per heavy atom. The maximum atomic E-state index is 12.8. The van der Waals surface area contributed by atoms with Crippen LogP contribution < -0.4 is 16.3 Å². The number of hydrogen-bond acceptors (Lipinski definition) is 4. The number of carbonyl (C=O) groups is 2. The van der Waals surface area contributed by atoms with E-state index in [4.69, 9.17) is 0 Å². The topological polar surface area (TPSA) is 97.5 Å². The standard InChI is InChI=1S/C24H23N5O3/c1-15-5-4-6-19(12-15)25-23(31)18-8-10-21-27-29(24(32)28(21)13-18)14-22(30)26-20-9-7-16(2)11-17(20)3/h4-13H,14H2,1-3H3,(H,25,31)(H,26,30). The van der Waals surface area contributed by atoms with E-state index in [0.29, 0.717) is 22.6 Å². The summed E-state index contributed by atoms with van der Waals surface area (Å²) in [5, 5.41) is 9.82. The van der Waals surface area contributed by atoms with Gasteiger partial charge in [0.1, 0.15) is 6.54 Å². The summed E-state index contributed by atoms with van der Waals surface area (Å²) in [6.45, 7) is 5.58. The first-order chi connectivity index (χ1) is 15.3. The van der Waals surface area contributed by atoms with Gasteiger partial charge in [-0.1, -0.05) is 29.8 Å². The van der Waals surface area contributed by atoms with Crippen LogP contribution in [0.1, 0.15) is 27.0 Å². The highest BCUT2D eigenvalue weighted by Gasteiger charge is 2.14. The molecule has 0 saturated heterocycles. The number of anilines is 2. The molecule has 0 unspecified atom stereocenters. The van der Waals surface area contributed by atoms with E-state index in [0.717, 1.165) is 21.4 Å². The number of nitrogens with one attached hydrogen (secondary N) is 2. The summed E-state index contributed by atoms with van der Waals surface area (Å²) in [5.74, 6) is -0.704. The number of pyridine rings is 1. The van der Waals surface area contributed by atoms with Crippen LogP contribution in [-0.4, -0.2) is 26.0 Å². The van der Waals surface area contributed by atoms with Gasteiger partial charge in [0.25, 0.3) is 5.91 Å². The number of rotatable bonds is 5. The Hall–Kier alpha value is -4.20. The first-order valence-corrected chi connectivity index (χ1v) is 10.1. The van der Waals surface area contributed by atoms with E-state index in [1.54, 1.807) is 18.2 Å². The van der Waals surface area contributed by atoms with E-state index >= 15 is 0 Å². The second kappa shape index (κ2) is 8.50. The first kappa shape index (κ1) is 21.0. The van der Waals surface area contributed by atoms with Crippen molar-refractivity contribution in [3.8, 4) is 0 Å². The van der Waals surface area contributed by atoms with Gasteiger partial charge in [0.2, 0.25) is 5.91 Å². The Kier molecular flexibility index (Phi) is 5.59. The Labute approximate surface area is 184 Å². The maximum Gasteiger partial charge on any atom is 0.350 e. The van der Waals surface area contributed by atoms with E-state index in [1.807, 2.05) is 57.2 Å². The van der Waals surface area contributed by atoms with Crippen LogP contribution in [0.15, 0.2) is 65.6 Å². The van der Waals surface area contributed by atoms with E-state index in [1.165, 1.54) is 10.6 Å². The molecule has 4 aromatic rings. The van der Waals surface area contributed by atoms with Crippen LogP contribution in [0.3, 0.4) is 0 Å². The summed E-state index contributed by atoms with van der Waals surface area (Å²) < 4.78 is 2.34. The van der Waals surface area contributed by atoms with Crippen molar-refractivity contribution in [2.75, 3.05) is 10.6 Å². The molecule has 2 aromatic heterocycles. The van der Waals surface area contributed by atoms with Crippen molar-refractivity contribution < 1.29 is 9.59 Å². The smallest absolute Gasteiger partial charge is 0.324 e. The normalized spacial score (nSPS) is 10.8. The van der Waals surface area contributed by atoms with E-state index in [2.05, 4.69) is 15.7 Å². The second-order valence-corrected chi connectivity index (χ2v) is 7.78. The minimum atomic E-state index is -0.499. The zero-order valence-electron chi connectivity index (χ0n) is 18.0. The minimum Gasteiger partial charge on any atom is -0.324 e. The molecule has 0 fully saturated rings. The molecule has 0 aliphatic rings. The summed E-state index contributed by atoms with van der Waals surface area (Å²) >= 11 is 0. The number of nitrogens with zero attached hydrogens (tertiary/aromatic N) is 3. The SMILES string of the molecule is Cc1cccc(NC(=O)c2ccc3nn(CC(=O)Nc4ccc(C)cc4C)c(=O)n3c2)c1. The fraction of sp³-hybridized carbons (Fsp3) is 0.167. The summed E-state index contributed by atoms with van der Waals surface area (Å²) in [6, 6.07) is 16.3. The molecule has 0 aliphatic carbocycles. The number of fused-ring (bicyclic) bond motifs is 1. The number of aromatic nitrogens is 3. The molecular formula is C24H23N5O3. The van der Waals surface area contributed by atoms with Crippen LogP contribution >= 0.6 is 0 Å². The monoisotopic (exact) mass is 429 g/mol. The Morgan fingerprint density at radius 1 is 0.938 bits per heavy atom. The predicted octanol–water partition coefficient (Wildman–Crippen LogP) is 3.31. The molecule has 162 valence electrons. The highest BCUT2D eigenvalue weighted by atomic mass is 16.2. The van der Waals surface area contributed by atoms with Gasteiger partial charge in [-0.25, -0.2) is 13.9 Å². The quantitative estimate of drug-likeness (QED) is 0.509. The van der Waals surface area contributed by atoms with Gasteiger partial charge in [-0.15, -0.1) is 5.10 Å². The molecule has 2 N–H and O–H groups in total. The first-order valence-electron chi connectivity index (χ1n) is 10.1. The van der Waals surface area contributed by atoms with Crippen molar-refractivity contribution >= 4 is 28.8 Å². The number of aryl methyl sites for hydroxylation is 3. The maximum absolute atomic E-state index is 12.8. The van der Waals surface area contributed by atoms with E-state index < -0.39 is 5.69 Å². The lowest BCUT2D eigenvalue weighted by molar-refractivity contribution is -0.117. The van der Waals surface area contributed by atoms with Crippen molar-refractivity contribution in [3.05, 3.63) is 93.5 Å². The lowest BCUT2D eigenvalue weighted by atomic mass is 10.1. The number of amides is 2. The predicted molar refractivity (Wildman–Crippen MR) is 123 cm³/mol. The molecule has 8 nitrogen and oxygen atoms in total. The molecule has 8 heteroatoms. The van der Waals surface area contributed by atoms with Crippen LogP contribution in [0.5, 0.6) is 0 Å². The fourth-order valence-electron chi connectivity index (χ4n) is 3.46. The van der Waals surface area contributed by atoms with Crippen molar-refractivity contribution in [1.82, 2.24) is 14.2 Å². The highest BCUT2D eigenvalue weighted by molar-refractivity contribution is 6.04. The molecule has 0 aliphatic heterocycles. The Bertz CT molecular complexity index is 1400. The van der Waals surface area contributed by atoms with Gasteiger partial charge in [-0.2, -0.15) is 0 Å². The van der Waals surface area contributed by atoms with Crippen molar-refractivity contribution in [3.63, 3.8) is 0 Å². The average Bonchev–Trinajstić information content (AvgIpc) is 3.05. The molecule has 0 radical (unpaired) electrons. The lowest BCUT2D eigenvalue weighted by Gasteiger charge is -2.08. The van der Waals surface area contributed by atoms with Gasteiger partial charge in [0.05, 0.1) is 5.56 Å². The molecule has 0 bridgehead atoms. The average molecular weight is 429 g/mol. The minimum absolute atomic E-state index is 0.237. The third-order valence-corrected chi connectivity index (χ3v) is 5.06. The molecule has 2 aromatic carbocycles. The molecule has 2 amide bonds. The van der Waals surface area contributed by atoms with Gasteiger partial charge in [0.15, 0.2) is 5.65 Å². The largest absolute Gasteiger partial charge is 0.350 e. The van der Waals surface area contributed by atoms with Crippen molar-refractivity contribution in [2.24, 2.45) is 0 Å². The van der Waals surface area contributed by atoms with Gasteiger partial charge in [0, 0.05) is 17.6 Å². The second-order valence-electron chi connectivity index (χ2n) is 7.78. The third-order valence-electron chi connectivity index (χ3n) is 5.06. The number of benzene rings is 2. The molecule has 0 saturated carbocycles. The zero-order valence-corrected chi connectivity index (χ0v) is 18.0. The number of carbonyl (C=O) groups excluding carboxylic acids is 2. The van der Waals surface area contributed by atoms with Crippen LogP contribution in [-0.2, 0) is 11.3 Å². The fourth-order valence-corrected chi connectivity index (χ4v) is 3.46. The van der Waals surface area contributed by atoms with Gasteiger partial charge in [-0.05, 0) is 62.2 Å².